The number of morpholine rings is 1. The average molecular weight is 475 g/mol. The zero-order valence-corrected chi connectivity index (χ0v) is 18.9. The van der Waals surface area contributed by atoms with E-state index in [1.165, 1.54) is 10.4 Å². The zero-order valence-electron chi connectivity index (χ0n) is 17.3. The number of anilines is 1. The molecule has 0 bridgehead atoms. The highest BCUT2D eigenvalue weighted by molar-refractivity contribution is 7.89. The second kappa shape index (κ2) is 9.70. The fourth-order valence-electron chi connectivity index (χ4n) is 3.22. The van der Waals surface area contributed by atoms with Crippen LogP contribution in [0.5, 0.6) is 17.2 Å². The highest BCUT2D eigenvalue weighted by Crippen LogP contribution is 2.32. The summed E-state index contributed by atoms with van der Waals surface area (Å²) in [6, 6.07) is 15.5. The van der Waals surface area contributed by atoms with Gasteiger partial charge in [-0.25, -0.2) is 8.42 Å². The number of hydrogen-bond acceptors (Lipinski definition) is 7. The van der Waals surface area contributed by atoms with Crippen molar-refractivity contribution in [1.82, 2.24) is 4.31 Å². The van der Waals surface area contributed by atoms with Crippen molar-refractivity contribution in [2.24, 2.45) is 0 Å². The van der Waals surface area contributed by atoms with Gasteiger partial charge in [0.05, 0.1) is 20.3 Å². The van der Waals surface area contributed by atoms with Gasteiger partial charge in [0.15, 0.2) is 11.5 Å². The summed E-state index contributed by atoms with van der Waals surface area (Å²) in [7, 11) is -2.20. The number of rotatable bonds is 7. The lowest BCUT2D eigenvalue weighted by Gasteiger charge is -2.26. The smallest absolute Gasteiger partial charge is 0.267 e. The number of methoxy groups -OCH3 is 1. The van der Waals surface area contributed by atoms with Crippen LogP contribution in [0.15, 0.2) is 64.9 Å². The molecule has 1 N–H and O–H groups in total. The summed E-state index contributed by atoms with van der Waals surface area (Å²) in [5, 5.41) is 4.36. The summed E-state index contributed by atoms with van der Waals surface area (Å²) < 4.78 is 43.6. The van der Waals surface area contributed by atoms with Gasteiger partial charge in [0.1, 0.15) is 15.5 Å². The molecule has 168 valence electrons. The number of amides is 1. The number of para-hydroxylation sites is 2. The summed E-state index contributed by atoms with van der Waals surface area (Å²) in [5.41, 5.74) is 0.519. The third-order valence-electron chi connectivity index (χ3n) is 4.83. The lowest BCUT2D eigenvalue weighted by molar-refractivity contribution is 0.0730. The summed E-state index contributed by atoms with van der Waals surface area (Å²) >= 11 is 1.09. The minimum absolute atomic E-state index is 0.0121. The number of sulfonamides is 1. The number of nitrogens with one attached hydrogen (secondary N) is 1. The molecule has 4 rings (SSSR count). The number of hydrogen-bond donors (Lipinski definition) is 1. The fourth-order valence-corrected chi connectivity index (χ4v) is 5.92. The zero-order chi connectivity index (χ0) is 22.6. The summed E-state index contributed by atoms with van der Waals surface area (Å²) in [4.78, 5) is 13.0. The molecule has 32 heavy (non-hydrogen) atoms. The number of carbonyl (C=O) groups is 1. The molecule has 1 fully saturated rings. The van der Waals surface area contributed by atoms with Crippen molar-refractivity contribution in [2.45, 2.75) is 4.90 Å². The predicted octanol–water partition coefficient (Wildman–Crippen LogP) is 3.82. The predicted molar refractivity (Wildman–Crippen MR) is 121 cm³/mol. The van der Waals surface area contributed by atoms with E-state index < -0.39 is 15.9 Å². The molecule has 1 aliphatic rings. The van der Waals surface area contributed by atoms with Crippen LogP contribution in [0.1, 0.15) is 9.67 Å². The highest BCUT2D eigenvalue weighted by Gasteiger charge is 2.31. The SMILES string of the molecule is COc1ccccc1Oc1ccc(NC(=O)c2sccc2S(=O)(=O)N2CCOCC2)cc1. The number of benzene rings is 2. The van der Waals surface area contributed by atoms with Gasteiger partial charge >= 0.3 is 0 Å². The van der Waals surface area contributed by atoms with Crippen LogP contribution in [0, 0.1) is 0 Å². The number of thiophene rings is 1. The number of carbonyl (C=O) groups excluding carboxylic acids is 1. The molecule has 3 aromatic rings. The Labute approximate surface area is 190 Å². The standard InChI is InChI=1S/C22H22N2O6S2/c1-28-18-4-2-3-5-19(18)30-17-8-6-16(7-9-17)23-22(25)21-20(10-15-31-21)32(26,27)24-11-13-29-14-12-24/h2-10,15H,11-14H2,1H3,(H,23,25). The third kappa shape index (κ3) is 4.78. The molecule has 2 aromatic carbocycles. The quantitative estimate of drug-likeness (QED) is 0.560. The first-order valence-corrected chi connectivity index (χ1v) is 12.2. The molecule has 0 saturated carbocycles. The topological polar surface area (TPSA) is 94.2 Å². The molecule has 1 amide bonds. The van der Waals surface area contributed by atoms with Gasteiger partial charge in [-0.2, -0.15) is 4.31 Å². The Morgan fingerprint density at radius 3 is 2.41 bits per heavy atom. The Morgan fingerprint density at radius 2 is 1.72 bits per heavy atom. The van der Waals surface area contributed by atoms with Crippen molar-refractivity contribution in [3.63, 3.8) is 0 Å². The Hall–Kier alpha value is -2.92. The summed E-state index contributed by atoms with van der Waals surface area (Å²) in [5.74, 6) is 1.27. The molecule has 2 heterocycles. The first-order chi connectivity index (χ1) is 15.5. The Bertz CT molecular complexity index is 1190. The molecule has 0 unspecified atom stereocenters. The van der Waals surface area contributed by atoms with E-state index in [0.29, 0.717) is 36.1 Å². The number of ether oxygens (including phenoxy) is 3. The van der Waals surface area contributed by atoms with Crippen molar-refractivity contribution in [1.29, 1.82) is 0 Å². The fraction of sp³-hybridized carbons (Fsp3) is 0.227. The van der Waals surface area contributed by atoms with Crippen LogP contribution in [0.25, 0.3) is 0 Å². The van der Waals surface area contributed by atoms with Gasteiger partial charge in [-0.05, 0) is 47.8 Å². The van der Waals surface area contributed by atoms with E-state index in [9.17, 15) is 13.2 Å². The van der Waals surface area contributed by atoms with E-state index in [0.717, 1.165) is 11.3 Å². The van der Waals surface area contributed by atoms with Gasteiger partial charge in [0.2, 0.25) is 10.0 Å². The molecule has 10 heteroatoms. The van der Waals surface area contributed by atoms with E-state index in [4.69, 9.17) is 14.2 Å². The molecule has 0 aliphatic carbocycles. The maximum atomic E-state index is 13.0. The summed E-state index contributed by atoms with van der Waals surface area (Å²) in [6.45, 7) is 1.22. The van der Waals surface area contributed by atoms with Crippen molar-refractivity contribution in [3.05, 3.63) is 64.9 Å². The Morgan fingerprint density at radius 1 is 1.03 bits per heavy atom. The van der Waals surface area contributed by atoms with Crippen LogP contribution in [0.3, 0.4) is 0 Å². The molecule has 1 saturated heterocycles. The lowest BCUT2D eigenvalue weighted by Crippen LogP contribution is -2.41. The van der Waals surface area contributed by atoms with Gasteiger partial charge in [-0.1, -0.05) is 12.1 Å². The van der Waals surface area contributed by atoms with Crippen molar-refractivity contribution >= 4 is 33.0 Å². The van der Waals surface area contributed by atoms with Crippen molar-refractivity contribution in [3.8, 4) is 17.2 Å². The van der Waals surface area contributed by atoms with E-state index in [1.54, 1.807) is 48.9 Å². The maximum absolute atomic E-state index is 13.0. The second-order valence-corrected chi connectivity index (χ2v) is 9.68. The molecule has 1 aromatic heterocycles. The molecule has 0 atom stereocenters. The molecular weight excluding hydrogens is 452 g/mol. The van der Waals surface area contributed by atoms with E-state index in [1.807, 2.05) is 12.1 Å². The minimum Gasteiger partial charge on any atom is -0.493 e. The van der Waals surface area contributed by atoms with E-state index >= 15 is 0 Å². The van der Waals surface area contributed by atoms with Gasteiger partial charge < -0.3 is 19.5 Å². The first-order valence-electron chi connectivity index (χ1n) is 9.87. The molecule has 1 aliphatic heterocycles. The van der Waals surface area contributed by atoms with Crippen molar-refractivity contribution < 1.29 is 27.4 Å². The van der Waals surface area contributed by atoms with Crippen LogP contribution < -0.4 is 14.8 Å². The minimum atomic E-state index is -3.76. The Kier molecular flexibility index (Phi) is 6.75. The van der Waals surface area contributed by atoms with Crippen LogP contribution in [0.2, 0.25) is 0 Å². The first kappa shape index (κ1) is 22.3. The van der Waals surface area contributed by atoms with Gasteiger partial charge in [-0.15, -0.1) is 11.3 Å². The van der Waals surface area contributed by atoms with Crippen LogP contribution >= 0.6 is 11.3 Å². The summed E-state index contributed by atoms with van der Waals surface area (Å²) in [6.07, 6.45) is 0. The third-order valence-corrected chi connectivity index (χ3v) is 7.82. The van der Waals surface area contributed by atoms with Crippen LogP contribution in [-0.4, -0.2) is 52.0 Å². The lowest BCUT2D eigenvalue weighted by atomic mass is 10.3. The van der Waals surface area contributed by atoms with E-state index in [2.05, 4.69) is 5.32 Å². The largest absolute Gasteiger partial charge is 0.493 e. The van der Waals surface area contributed by atoms with E-state index in [-0.39, 0.29) is 22.9 Å². The molecule has 0 spiro atoms. The maximum Gasteiger partial charge on any atom is 0.267 e. The molecule has 8 nitrogen and oxygen atoms in total. The number of nitrogens with zero attached hydrogens (tertiary/aromatic N) is 1. The molecule has 0 radical (unpaired) electrons. The molecular formula is C22H22N2O6S2. The van der Waals surface area contributed by atoms with Gasteiger partial charge in [0.25, 0.3) is 5.91 Å². The van der Waals surface area contributed by atoms with Gasteiger partial charge in [0, 0.05) is 18.8 Å². The Balaban J connectivity index is 1.47. The van der Waals surface area contributed by atoms with Gasteiger partial charge in [-0.3, -0.25) is 4.79 Å². The average Bonchev–Trinajstić information content (AvgIpc) is 3.32. The second-order valence-electron chi connectivity index (χ2n) is 6.86. The van der Waals surface area contributed by atoms with Crippen LogP contribution in [-0.2, 0) is 14.8 Å². The monoisotopic (exact) mass is 474 g/mol. The van der Waals surface area contributed by atoms with Crippen molar-refractivity contribution in [2.75, 3.05) is 38.7 Å². The normalized spacial score (nSPS) is 14.7. The highest BCUT2D eigenvalue weighted by atomic mass is 32.2. The van der Waals surface area contributed by atoms with Crippen LogP contribution in [0.4, 0.5) is 5.69 Å².